The number of fused-ring (bicyclic) bond motifs is 1. The van der Waals surface area contributed by atoms with Crippen LogP contribution in [0.15, 0.2) is 24.8 Å². The summed E-state index contributed by atoms with van der Waals surface area (Å²) in [6.45, 7) is 0. The number of nitrogens with zero attached hydrogens (tertiary/aromatic N) is 3. The second-order valence-corrected chi connectivity index (χ2v) is 2.34. The molecule has 0 fully saturated rings. The normalized spacial score (nSPS) is 10.3. The van der Waals surface area contributed by atoms with Gasteiger partial charge in [0.2, 0.25) is 0 Å². The molecule has 2 rings (SSSR count). The summed E-state index contributed by atoms with van der Waals surface area (Å²) in [5, 5.41) is 0. The highest BCUT2D eigenvalue weighted by Crippen LogP contribution is 1.99. The van der Waals surface area contributed by atoms with Crippen LogP contribution >= 0.6 is 0 Å². The number of rotatable bonds is 1. The number of hydrogen-bond donors (Lipinski definition) is 1. The number of hydrogen-bond acceptors (Lipinski definition) is 3. The van der Waals surface area contributed by atoms with Gasteiger partial charge in [-0.2, -0.15) is 0 Å². The third kappa shape index (κ3) is 0.914. The molecule has 0 saturated heterocycles. The number of amides is 1. The molecule has 2 N–H and O–H groups in total. The lowest BCUT2D eigenvalue weighted by Gasteiger charge is -1.94. The summed E-state index contributed by atoms with van der Waals surface area (Å²) in [6, 6.07) is 1.55. The van der Waals surface area contributed by atoms with Crippen molar-refractivity contribution in [2.24, 2.45) is 5.73 Å². The molecule has 5 nitrogen and oxygen atoms in total. The second kappa shape index (κ2) is 2.30. The number of aromatic nitrogens is 3. The molecular weight excluding hydrogens is 156 g/mol. The van der Waals surface area contributed by atoms with Gasteiger partial charge in [-0.25, -0.2) is 9.97 Å². The van der Waals surface area contributed by atoms with Gasteiger partial charge in [0.05, 0.1) is 6.20 Å². The lowest BCUT2D eigenvalue weighted by atomic mass is 10.4. The molecule has 12 heavy (non-hydrogen) atoms. The maximum absolute atomic E-state index is 10.7. The first-order valence-electron chi connectivity index (χ1n) is 3.36. The highest BCUT2D eigenvalue weighted by molar-refractivity contribution is 5.91. The first kappa shape index (κ1) is 6.78. The minimum Gasteiger partial charge on any atom is -0.364 e. The molecule has 0 spiro atoms. The Bertz CT molecular complexity index is 434. The molecule has 0 aliphatic heterocycles. The summed E-state index contributed by atoms with van der Waals surface area (Å²) in [7, 11) is 0. The highest BCUT2D eigenvalue weighted by Gasteiger charge is 2.02. The van der Waals surface area contributed by atoms with Gasteiger partial charge in [-0.1, -0.05) is 0 Å². The fraction of sp³-hybridized carbons (Fsp3) is 0. The van der Waals surface area contributed by atoms with Crippen molar-refractivity contribution in [3.8, 4) is 0 Å². The lowest BCUT2D eigenvalue weighted by Crippen LogP contribution is -2.13. The van der Waals surface area contributed by atoms with Gasteiger partial charge in [-0.3, -0.25) is 9.20 Å². The van der Waals surface area contributed by atoms with Gasteiger partial charge in [-0.05, 0) is 6.07 Å². The van der Waals surface area contributed by atoms with Crippen molar-refractivity contribution in [3.05, 3.63) is 30.5 Å². The van der Waals surface area contributed by atoms with Crippen LogP contribution < -0.4 is 5.73 Å². The van der Waals surface area contributed by atoms with E-state index in [1.807, 2.05) is 0 Å². The molecule has 0 saturated carbocycles. The molecule has 0 aliphatic carbocycles. The van der Waals surface area contributed by atoms with Crippen LogP contribution in [0.5, 0.6) is 0 Å². The summed E-state index contributed by atoms with van der Waals surface area (Å²) in [5.74, 6) is -0.529. The van der Waals surface area contributed by atoms with Crippen molar-refractivity contribution >= 4 is 11.6 Å². The first-order valence-corrected chi connectivity index (χ1v) is 3.36. The Labute approximate surface area is 67.9 Å². The van der Waals surface area contributed by atoms with Crippen molar-refractivity contribution in [3.63, 3.8) is 0 Å². The predicted molar refractivity (Wildman–Crippen MR) is 41.5 cm³/mol. The van der Waals surface area contributed by atoms with Gasteiger partial charge in [0.15, 0.2) is 5.65 Å². The van der Waals surface area contributed by atoms with Gasteiger partial charge in [-0.15, -0.1) is 0 Å². The summed E-state index contributed by atoms with van der Waals surface area (Å²) in [6.07, 6.45) is 4.86. The van der Waals surface area contributed by atoms with E-state index in [1.54, 1.807) is 29.2 Å². The van der Waals surface area contributed by atoms with E-state index in [0.29, 0.717) is 5.65 Å². The Morgan fingerprint density at radius 1 is 1.58 bits per heavy atom. The molecule has 0 radical (unpaired) electrons. The van der Waals surface area contributed by atoms with Gasteiger partial charge < -0.3 is 5.73 Å². The number of primary amides is 1. The molecule has 2 aromatic heterocycles. The zero-order valence-corrected chi connectivity index (χ0v) is 6.14. The quantitative estimate of drug-likeness (QED) is 0.632. The number of carbonyl (C=O) groups is 1. The number of carbonyl (C=O) groups excluding carboxylic acids is 1. The van der Waals surface area contributed by atoms with E-state index in [2.05, 4.69) is 9.97 Å². The Hall–Kier alpha value is -1.91. The van der Waals surface area contributed by atoms with Crippen LogP contribution in [0.4, 0.5) is 0 Å². The van der Waals surface area contributed by atoms with Crippen molar-refractivity contribution in [2.45, 2.75) is 0 Å². The number of imidazole rings is 1. The Morgan fingerprint density at radius 3 is 3.17 bits per heavy atom. The Balaban J connectivity index is 2.68. The molecule has 5 heteroatoms. The predicted octanol–water partition coefficient (Wildman–Crippen LogP) is -0.172. The molecule has 2 aromatic rings. The second-order valence-electron chi connectivity index (χ2n) is 2.34. The van der Waals surface area contributed by atoms with Crippen LogP contribution in [0, 0.1) is 0 Å². The fourth-order valence-electron chi connectivity index (χ4n) is 0.948. The standard InChI is InChI=1S/C7H6N4O/c8-7(12)5-1-2-11-4-9-3-6(11)10-5/h1-4H,(H2,8,12). The van der Waals surface area contributed by atoms with E-state index in [4.69, 9.17) is 5.73 Å². The van der Waals surface area contributed by atoms with Crippen LogP contribution in [0.1, 0.15) is 10.5 Å². The zero-order chi connectivity index (χ0) is 8.55. The van der Waals surface area contributed by atoms with E-state index >= 15 is 0 Å². The van der Waals surface area contributed by atoms with Gasteiger partial charge in [0, 0.05) is 6.20 Å². The smallest absolute Gasteiger partial charge is 0.267 e. The summed E-state index contributed by atoms with van der Waals surface area (Å²) in [4.78, 5) is 18.5. The van der Waals surface area contributed by atoms with Gasteiger partial charge in [0.1, 0.15) is 12.0 Å². The molecule has 2 heterocycles. The third-order valence-corrected chi connectivity index (χ3v) is 1.53. The minimum absolute atomic E-state index is 0.253. The molecule has 0 bridgehead atoms. The zero-order valence-electron chi connectivity index (χ0n) is 6.14. The van der Waals surface area contributed by atoms with Gasteiger partial charge >= 0.3 is 0 Å². The molecule has 1 amide bonds. The maximum atomic E-state index is 10.7. The first-order chi connectivity index (χ1) is 5.77. The van der Waals surface area contributed by atoms with E-state index in [0.717, 1.165) is 0 Å². The van der Waals surface area contributed by atoms with Crippen LogP contribution in [0.3, 0.4) is 0 Å². The minimum atomic E-state index is -0.529. The maximum Gasteiger partial charge on any atom is 0.267 e. The van der Waals surface area contributed by atoms with Crippen molar-refractivity contribution in [1.29, 1.82) is 0 Å². The highest BCUT2D eigenvalue weighted by atomic mass is 16.1. The number of nitrogens with two attached hydrogens (primary N) is 1. The van der Waals surface area contributed by atoms with Crippen LogP contribution in [0.25, 0.3) is 5.65 Å². The SMILES string of the molecule is NC(=O)c1ccn2cncc2n1. The molecule has 0 aromatic carbocycles. The largest absolute Gasteiger partial charge is 0.364 e. The van der Waals surface area contributed by atoms with Crippen LogP contribution in [0.2, 0.25) is 0 Å². The summed E-state index contributed by atoms with van der Waals surface area (Å²) < 4.78 is 1.70. The van der Waals surface area contributed by atoms with E-state index in [1.165, 1.54) is 0 Å². The monoisotopic (exact) mass is 162 g/mol. The van der Waals surface area contributed by atoms with Crippen LogP contribution in [-0.2, 0) is 0 Å². The van der Waals surface area contributed by atoms with Crippen molar-refractivity contribution in [2.75, 3.05) is 0 Å². The Morgan fingerprint density at radius 2 is 2.42 bits per heavy atom. The van der Waals surface area contributed by atoms with Gasteiger partial charge in [0.25, 0.3) is 5.91 Å². The Kier molecular flexibility index (Phi) is 1.30. The molecule has 60 valence electrons. The fourth-order valence-corrected chi connectivity index (χ4v) is 0.948. The lowest BCUT2D eigenvalue weighted by molar-refractivity contribution is 0.0995. The average molecular weight is 162 g/mol. The van der Waals surface area contributed by atoms with E-state index in [-0.39, 0.29) is 5.69 Å². The van der Waals surface area contributed by atoms with Crippen LogP contribution in [-0.4, -0.2) is 20.3 Å². The third-order valence-electron chi connectivity index (χ3n) is 1.53. The molecule has 0 atom stereocenters. The average Bonchev–Trinajstić information content (AvgIpc) is 2.49. The summed E-state index contributed by atoms with van der Waals surface area (Å²) >= 11 is 0. The molecule has 0 aliphatic rings. The van der Waals surface area contributed by atoms with Crippen molar-refractivity contribution < 1.29 is 4.79 Å². The molecule has 0 unspecified atom stereocenters. The van der Waals surface area contributed by atoms with E-state index < -0.39 is 5.91 Å². The van der Waals surface area contributed by atoms with E-state index in [9.17, 15) is 4.79 Å². The topological polar surface area (TPSA) is 73.3 Å². The molecular formula is C7H6N4O. The summed E-state index contributed by atoms with van der Waals surface area (Å²) in [5.41, 5.74) is 5.91. The van der Waals surface area contributed by atoms with Crippen molar-refractivity contribution in [1.82, 2.24) is 14.4 Å².